The molecule has 6 nitrogen and oxygen atoms in total. The van der Waals surface area contributed by atoms with Gasteiger partial charge in [-0.1, -0.05) is 37.3 Å². The highest BCUT2D eigenvalue weighted by Crippen LogP contribution is 2.28. The van der Waals surface area contributed by atoms with E-state index in [1.165, 1.54) is 0 Å². The predicted molar refractivity (Wildman–Crippen MR) is 125 cm³/mol. The smallest absolute Gasteiger partial charge is 0.318 e. The van der Waals surface area contributed by atoms with Gasteiger partial charge in [-0.2, -0.15) is 0 Å². The third-order valence-electron chi connectivity index (χ3n) is 5.75. The molecule has 0 atom stereocenters. The Kier molecular flexibility index (Phi) is 5.53. The number of benzene rings is 2. The minimum atomic E-state index is -0.733. The number of hydrogen-bond donors (Lipinski definition) is 1. The lowest BCUT2D eigenvalue weighted by Crippen LogP contribution is -2.54. The molecule has 1 fully saturated rings. The highest BCUT2D eigenvalue weighted by molar-refractivity contribution is 6.39. The number of carbonyl (C=O) groups is 3. The number of anilines is 1. The number of rotatable bonds is 4. The van der Waals surface area contributed by atoms with Crippen LogP contribution in [0.4, 0.5) is 10.5 Å². The molecule has 0 saturated carbocycles. The van der Waals surface area contributed by atoms with Crippen LogP contribution in [-0.4, -0.2) is 22.4 Å². The van der Waals surface area contributed by atoms with Gasteiger partial charge in [0.2, 0.25) is 0 Å². The number of amides is 4. The lowest BCUT2D eigenvalue weighted by molar-refractivity contribution is -0.122. The lowest BCUT2D eigenvalue weighted by atomic mass is 10.0. The Morgan fingerprint density at radius 3 is 2.41 bits per heavy atom. The molecule has 4 amide bonds. The molecule has 1 N–H and O–H groups in total. The average Bonchev–Trinajstić information content (AvgIpc) is 3.04. The first-order valence-corrected chi connectivity index (χ1v) is 10.6. The number of carbonyl (C=O) groups excluding carboxylic acids is 3. The highest BCUT2D eigenvalue weighted by Gasteiger charge is 2.37. The van der Waals surface area contributed by atoms with Crippen molar-refractivity contribution in [3.8, 4) is 5.69 Å². The molecule has 0 spiro atoms. The van der Waals surface area contributed by atoms with Crippen LogP contribution in [0.5, 0.6) is 0 Å². The zero-order valence-electron chi connectivity index (χ0n) is 18.6. The number of imide groups is 2. The van der Waals surface area contributed by atoms with Crippen LogP contribution in [0.1, 0.15) is 35.0 Å². The maximum atomic E-state index is 13.3. The van der Waals surface area contributed by atoms with Crippen molar-refractivity contribution in [1.82, 2.24) is 9.88 Å². The molecular weight excluding hydrogens is 402 g/mol. The molecule has 1 aromatic heterocycles. The Hall–Kier alpha value is -3.93. The summed E-state index contributed by atoms with van der Waals surface area (Å²) in [7, 11) is 0. The van der Waals surface area contributed by atoms with Crippen molar-refractivity contribution in [3.63, 3.8) is 0 Å². The number of aryl methyl sites for hydroxylation is 3. The molecular formula is C26H25N3O3. The molecule has 0 aliphatic carbocycles. The molecule has 2 heterocycles. The van der Waals surface area contributed by atoms with Crippen LogP contribution in [0.15, 0.2) is 60.2 Å². The molecule has 0 radical (unpaired) electrons. The third kappa shape index (κ3) is 3.64. The quantitative estimate of drug-likeness (QED) is 0.487. The fourth-order valence-electron chi connectivity index (χ4n) is 4.16. The van der Waals surface area contributed by atoms with E-state index in [2.05, 4.69) is 16.0 Å². The van der Waals surface area contributed by atoms with E-state index in [1.807, 2.05) is 64.1 Å². The van der Waals surface area contributed by atoms with E-state index in [1.54, 1.807) is 18.2 Å². The van der Waals surface area contributed by atoms with Crippen molar-refractivity contribution in [1.29, 1.82) is 0 Å². The van der Waals surface area contributed by atoms with Gasteiger partial charge in [-0.05, 0) is 74.2 Å². The van der Waals surface area contributed by atoms with E-state index >= 15 is 0 Å². The van der Waals surface area contributed by atoms with E-state index in [4.69, 9.17) is 0 Å². The van der Waals surface area contributed by atoms with Crippen molar-refractivity contribution < 1.29 is 14.4 Å². The molecule has 162 valence electrons. The van der Waals surface area contributed by atoms with E-state index in [0.717, 1.165) is 38.7 Å². The molecule has 0 unspecified atom stereocenters. The zero-order valence-corrected chi connectivity index (χ0v) is 18.6. The number of hydrogen-bond acceptors (Lipinski definition) is 3. The Labute approximate surface area is 187 Å². The maximum Gasteiger partial charge on any atom is 0.335 e. The molecule has 1 aliphatic heterocycles. The van der Waals surface area contributed by atoms with Crippen LogP contribution >= 0.6 is 0 Å². The number of aromatic nitrogens is 1. The van der Waals surface area contributed by atoms with Gasteiger partial charge in [0, 0.05) is 17.1 Å². The van der Waals surface area contributed by atoms with E-state index < -0.39 is 17.8 Å². The monoisotopic (exact) mass is 427 g/mol. The number of barbiturate groups is 1. The van der Waals surface area contributed by atoms with Gasteiger partial charge in [-0.15, -0.1) is 0 Å². The van der Waals surface area contributed by atoms with Gasteiger partial charge in [0.1, 0.15) is 5.57 Å². The summed E-state index contributed by atoms with van der Waals surface area (Å²) in [6.45, 7) is 7.91. The van der Waals surface area contributed by atoms with E-state index in [9.17, 15) is 14.4 Å². The fraction of sp³-hybridized carbons (Fsp3) is 0.192. The zero-order chi connectivity index (χ0) is 23.0. The predicted octanol–water partition coefficient (Wildman–Crippen LogP) is 4.63. The van der Waals surface area contributed by atoms with Crippen LogP contribution < -0.4 is 10.2 Å². The van der Waals surface area contributed by atoms with Crippen LogP contribution in [0.3, 0.4) is 0 Å². The normalized spacial score (nSPS) is 15.4. The number of urea groups is 1. The molecule has 4 rings (SSSR count). The molecule has 1 aliphatic rings. The standard InChI is InChI=1S/C26H25N3O3/c1-5-19-10-6-7-12-23(19)29-25(31)22(24(30)27-26(29)32)15-20-14-17(3)28(18(20)4)21-11-8-9-16(2)13-21/h6-15H,5H2,1-4H3,(H,27,30,32)/b22-15+. The van der Waals surface area contributed by atoms with Crippen molar-refractivity contribution in [3.05, 3.63) is 88.2 Å². The molecule has 32 heavy (non-hydrogen) atoms. The summed E-state index contributed by atoms with van der Waals surface area (Å²) < 4.78 is 2.08. The van der Waals surface area contributed by atoms with E-state index in [0.29, 0.717) is 12.1 Å². The maximum absolute atomic E-state index is 13.3. The lowest BCUT2D eigenvalue weighted by Gasteiger charge is -2.28. The summed E-state index contributed by atoms with van der Waals surface area (Å²) in [5, 5.41) is 2.31. The minimum absolute atomic E-state index is 0.0694. The number of nitrogens with zero attached hydrogens (tertiary/aromatic N) is 2. The Bertz CT molecular complexity index is 1280. The average molecular weight is 428 g/mol. The first kappa shape index (κ1) is 21.3. The fourth-order valence-corrected chi connectivity index (χ4v) is 4.16. The summed E-state index contributed by atoms with van der Waals surface area (Å²) in [6, 6.07) is 16.5. The number of para-hydroxylation sites is 1. The van der Waals surface area contributed by atoms with E-state index in [-0.39, 0.29) is 5.57 Å². The van der Waals surface area contributed by atoms with Crippen molar-refractivity contribution in [2.45, 2.75) is 34.1 Å². The second-order valence-electron chi connectivity index (χ2n) is 7.94. The van der Waals surface area contributed by atoms with Gasteiger partial charge in [0.25, 0.3) is 11.8 Å². The summed E-state index contributed by atoms with van der Waals surface area (Å²) in [6.07, 6.45) is 2.22. The van der Waals surface area contributed by atoms with Gasteiger partial charge in [-0.25, -0.2) is 9.69 Å². The largest absolute Gasteiger partial charge is 0.335 e. The van der Waals surface area contributed by atoms with Crippen molar-refractivity contribution in [2.75, 3.05) is 4.90 Å². The summed E-state index contributed by atoms with van der Waals surface area (Å²) in [4.78, 5) is 39.5. The van der Waals surface area contributed by atoms with Gasteiger partial charge >= 0.3 is 6.03 Å². The Morgan fingerprint density at radius 1 is 0.938 bits per heavy atom. The Balaban J connectivity index is 1.79. The topological polar surface area (TPSA) is 71.4 Å². The third-order valence-corrected chi connectivity index (χ3v) is 5.75. The van der Waals surface area contributed by atoms with Gasteiger partial charge in [0.15, 0.2) is 0 Å². The summed E-state index contributed by atoms with van der Waals surface area (Å²) >= 11 is 0. The molecule has 3 aromatic rings. The second kappa shape index (κ2) is 8.30. The SMILES string of the molecule is CCc1ccccc1N1C(=O)NC(=O)/C(=C\c2cc(C)n(-c3cccc(C)c3)c2C)C1=O. The highest BCUT2D eigenvalue weighted by atomic mass is 16.2. The molecule has 2 aromatic carbocycles. The number of nitrogens with one attached hydrogen (secondary N) is 1. The van der Waals surface area contributed by atoms with Crippen molar-refractivity contribution >= 4 is 29.6 Å². The Morgan fingerprint density at radius 2 is 1.69 bits per heavy atom. The van der Waals surface area contributed by atoms with Crippen LogP contribution in [-0.2, 0) is 16.0 Å². The minimum Gasteiger partial charge on any atom is -0.318 e. The molecule has 6 heteroatoms. The summed E-state index contributed by atoms with van der Waals surface area (Å²) in [5.41, 5.74) is 6.05. The molecule has 0 bridgehead atoms. The van der Waals surface area contributed by atoms with Gasteiger partial charge < -0.3 is 4.57 Å². The van der Waals surface area contributed by atoms with Crippen LogP contribution in [0, 0.1) is 20.8 Å². The van der Waals surface area contributed by atoms with Crippen molar-refractivity contribution in [2.24, 2.45) is 0 Å². The van der Waals surface area contributed by atoms with Gasteiger partial charge in [0.05, 0.1) is 5.69 Å². The first-order valence-electron chi connectivity index (χ1n) is 10.6. The second-order valence-corrected chi connectivity index (χ2v) is 7.94. The van der Waals surface area contributed by atoms with Crippen LogP contribution in [0.25, 0.3) is 11.8 Å². The molecule has 1 saturated heterocycles. The van der Waals surface area contributed by atoms with Crippen LogP contribution in [0.2, 0.25) is 0 Å². The summed E-state index contributed by atoms with van der Waals surface area (Å²) in [5.74, 6) is -1.31. The first-order chi connectivity index (χ1) is 15.3. The van der Waals surface area contributed by atoms with Gasteiger partial charge in [-0.3, -0.25) is 14.9 Å².